The molecule has 0 bridgehead atoms. The number of nitrogens with zero attached hydrogens (tertiary/aromatic N) is 3. The molecular weight excluding hydrogens is 458 g/mol. The zero-order chi connectivity index (χ0) is 25.1. The molecule has 35 heavy (non-hydrogen) atoms. The number of nitrogens with one attached hydrogen (secondary N) is 1. The van der Waals surface area contributed by atoms with Crippen LogP contribution in [0, 0.1) is 23.0 Å². The number of hydrogen-bond donors (Lipinski definition) is 2. The van der Waals surface area contributed by atoms with Gasteiger partial charge >= 0.3 is 0 Å². The highest BCUT2D eigenvalue weighted by Crippen LogP contribution is 2.39. The van der Waals surface area contributed by atoms with Crippen LogP contribution in [0.5, 0.6) is 0 Å². The summed E-state index contributed by atoms with van der Waals surface area (Å²) in [5.41, 5.74) is -1.65. The Labute approximate surface area is 202 Å². The van der Waals surface area contributed by atoms with Crippen molar-refractivity contribution in [3.05, 3.63) is 46.9 Å². The van der Waals surface area contributed by atoms with Gasteiger partial charge in [0, 0.05) is 43.9 Å². The van der Waals surface area contributed by atoms with Crippen molar-refractivity contribution in [2.24, 2.45) is 11.3 Å². The molecule has 188 valence electrons. The Hall–Kier alpha value is -3.01. The molecule has 0 aromatic heterocycles. The molecule has 1 aromatic rings. The lowest BCUT2D eigenvalue weighted by molar-refractivity contribution is -0.158. The summed E-state index contributed by atoms with van der Waals surface area (Å²) in [6.07, 6.45) is 2.99. The van der Waals surface area contributed by atoms with Gasteiger partial charge in [-0.25, -0.2) is 8.78 Å². The number of Topliss-reactive ketones (excluding diaryl/α,β-unsaturated/α-hetero) is 1. The molecule has 5 rings (SSSR count). The van der Waals surface area contributed by atoms with Gasteiger partial charge in [-0.1, -0.05) is 6.07 Å². The second kappa shape index (κ2) is 8.58. The van der Waals surface area contributed by atoms with Crippen molar-refractivity contribution in [1.82, 2.24) is 20.0 Å². The van der Waals surface area contributed by atoms with E-state index in [2.05, 4.69) is 10.2 Å². The first-order chi connectivity index (χ1) is 16.6. The SMILES string of the molecule is CC1CCN(CC2CC2)C2CN3CC(C)(C(=O)NCc4ccc(F)cc4F)C(=O)C(O)=C3C(=O)N12. The number of ketones is 1. The van der Waals surface area contributed by atoms with Crippen molar-refractivity contribution in [1.29, 1.82) is 0 Å². The summed E-state index contributed by atoms with van der Waals surface area (Å²) in [6, 6.07) is 3.01. The normalized spacial score (nSPS) is 29.3. The van der Waals surface area contributed by atoms with Gasteiger partial charge in [0.25, 0.3) is 5.91 Å². The monoisotopic (exact) mass is 488 g/mol. The average Bonchev–Trinajstić information content (AvgIpc) is 3.62. The zero-order valence-corrected chi connectivity index (χ0v) is 19.9. The number of carbonyl (C=O) groups is 3. The van der Waals surface area contributed by atoms with Crippen molar-refractivity contribution in [2.45, 2.75) is 51.9 Å². The highest BCUT2D eigenvalue weighted by Gasteiger charge is 2.55. The number of allylic oxidation sites excluding steroid dienone is 1. The molecule has 1 saturated carbocycles. The molecule has 3 heterocycles. The number of piperazine rings is 1. The van der Waals surface area contributed by atoms with Crippen LogP contribution in [0.4, 0.5) is 8.78 Å². The van der Waals surface area contributed by atoms with Crippen LogP contribution in [0.1, 0.15) is 38.7 Å². The van der Waals surface area contributed by atoms with Crippen LogP contribution >= 0.6 is 0 Å². The number of rotatable bonds is 5. The molecule has 2 saturated heterocycles. The molecule has 10 heteroatoms. The van der Waals surface area contributed by atoms with E-state index in [1.54, 1.807) is 9.80 Å². The summed E-state index contributed by atoms with van der Waals surface area (Å²) in [4.78, 5) is 45.5. The van der Waals surface area contributed by atoms with Crippen molar-refractivity contribution < 1.29 is 28.3 Å². The molecule has 2 amide bonds. The van der Waals surface area contributed by atoms with E-state index in [9.17, 15) is 28.3 Å². The number of halogens is 2. The van der Waals surface area contributed by atoms with Crippen molar-refractivity contribution >= 4 is 17.6 Å². The van der Waals surface area contributed by atoms with Crippen molar-refractivity contribution in [3.63, 3.8) is 0 Å². The van der Waals surface area contributed by atoms with E-state index in [4.69, 9.17) is 0 Å². The van der Waals surface area contributed by atoms with Gasteiger partial charge in [0.15, 0.2) is 5.76 Å². The van der Waals surface area contributed by atoms with E-state index < -0.39 is 40.4 Å². The zero-order valence-electron chi connectivity index (χ0n) is 19.9. The number of amides is 2. The Kier molecular flexibility index (Phi) is 5.82. The summed E-state index contributed by atoms with van der Waals surface area (Å²) in [5.74, 6) is -3.54. The Bertz CT molecular complexity index is 1120. The molecule has 3 atom stereocenters. The lowest BCUT2D eigenvalue weighted by Crippen LogP contribution is -2.70. The number of fused-ring (bicyclic) bond motifs is 2. The highest BCUT2D eigenvalue weighted by atomic mass is 19.1. The third kappa shape index (κ3) is 4.07. The first-order valence-electron chi connectivity index (χ1n) is 12.1. The van der Waals surface area contributed by atoms with Gasteiger partial charge in [0.05, 0.1) is 6.54 Å². The second-order valence-electron chi connectivity index (χ2n) is 10.4. The minimum atomic E-state index is -1.67. The van der Waals surface area contributed by atoms with E-state index in [0.717, 1.165) is 31.6 Å². The van der Waals surface area contributed by atoms with Gasteiger partial charge < -0.3 is 20.2 Å². The van der Waals surface area contributed by atoms with Crippen LogP contribution in [0.25, 0.3) is 0 Å². The molecule has 1 aliphatic carbocycles. The van der Waals surface area contributed by atoms with Crippen molar-refractivity contribution in [2.75, 3.05) is 26.2 Å². The maximum atomic E-state index is 14.0. The fraction of sp³-hybridized carbons (Fsp3) is 0.560. The summed E-state index contributed by atoms with van der Waals surface area (Å²) in [6.45, 7) is 5.22. The lowest BCUT2D eigenvalue weighted by atomic mass is 9.78. The van der Waals surface area contributed by atoms with E-state index >= 15 is 0 Å². The molecule has 2 N–H and O–H groups in total. The van der Waals surface area contributed by atoms with Crippen LogP contribution in [0.3, 0.4) is 0 Å². The van der Waals surface area contributed by atoms with E-state index in [-0.39, 0.29) is 36.6 Å². The number of carbonyl (C=O) groups excluding carboxylic acids is 3. The number of aliphatic hydroxyl groups excluding tert-OH is 1. The molecule has 3 fully saturated rings. The Morgan fingerprint density at radius 3 is 2.66 bits per heavy atom. The first-order valence-corrected chi connectivity index (χ1v) is 12.1. The minimum Gasteiger partial charge on any atom is -0.503 e. The molecule has 4 aliphatic rings. The lowest BCUT2D eigenvalue weighted by Gasteiger charge is -2.55. The van der Waals surface area contributed by atoms with Gasteiger partial charge in [-0.2, -0.15) is 0 Å². The average molecular weight is 489 g/mol. The third-order valence-corrected chi connectivity index (χ3v) is 7.78. The molecule has 0 spiro atoms. The molecule has 8 nitrogen and oxygen atoms in total. The molecular formula is C25H30F2N4O4. The smallest absolute Gasteiger partial charge is 0.275 e. The Balaban J connectivity index is 1.39. The Morgan fingerprint density at radius 1 is 1.23 bits per heavy atom. The van der Waals surface area contributed by atoms with Gasteiger partial charge in [-0.3, -0.25) is 19.3 Å². The number of hydrogen-bond acceptors (Lipinski definition) is 6. The minimum absolute atomic E-state index is 0.0253. The molecule has 0 radical (unpaired) electrons. The molecule has 1 aromatic carbocycles. The first kappa shape index (κ1) is 23.7. The van der Waals surface area contributed by atoms with Crippen LogP contribution in [-0.4, -0.2) is 75.8 Å². The second-order valence-corrected chi connectivity index (χ2v) is 10.4. The summed E-state index contributed by atoms with van der Waals surface area (Å²) in [7, 11) is 0. The summed E-state index contributed by atoms with van der Waals surface area (Å²) < 4.78 is 27.2. The Morgan fingerprint density at radius 2 is 1.97 bits per heavy atom. The van der Waals surface area contributed by atoms with Crippen LogP contribution in [-0.2, 0) is 20.9 Å². The predicted octanol–water partition coefficient (Wildman–Crippen LogP) is 1.91. The van der Waals surface area contributed by atoms with Gasteiger partial charge in [-0.15, -0.1) is 0 Å². The maximum absolute atomic E-state index is 14.0. The molecule has 3 aliphatic heterocycles. The summed E-state index contributed by atoms with van der Waals surface area (Å²) in [5, 5.41) is 13.4. The topological polar surface area (TPSA) is 93.2 Å². The fourth-order valence-corrected chi connectivity index (χ4v) is 5.47. The quantitative estimate of drug-likeness (QED) is 0.616. The number of aliphatic hydroxyl groups is 1. The largest absolute Gasteiger partial charge is 0.503 e. The van der Waals surface area contributed by atoms with Gasteiger partial charge in [0.2, 0.25) is 11.7 Å². The maximum Gasteiger partial charge on any atom is 0.275 e. The van der Waals surface area contributed by atoms with Gasteiger partial charge in [-0.05, 0) is 45.1 Å². The highest BCUT2D eigenvalue weighted by molar-refractivity contribution is 6.16. The van der Waals surface area contributed by atoms with Crippen LogP contribution in [0.2, 0.25) is 0 Å². The summed E-state index contributed by atoms with van der Waals surface area (Å²) >= 11 is 0. The van der Waals surface area contributed by atoms with Crippen LogP contribution < -0.4 is 5.32 Å². The standard InChI is InChI=1S/C25H30F2N4O4/c1-14-7-8-29(11-15-3-4-15)19-12-30-13-25(2,22(33)21(32)20(30)23(34)31(14)19)24(35)28-10-16-5-6-17(26)9-18(16)27/h5-6,9,14-15,19,32H,3-4,7-8,10-13H2,1-2H3,(H,28,35). The van der Waals surface area contributed by atoms with Crippen LogP contribution in [0.15, 0.2) is 29.7 Å². The van der Waals surface area contributed by atoms with E-state index in [0.29, 0.717) is 12.5 Å². The van der Waals surface area contributed by atoms with E-state index in [1.165, 1.54) is 25.8 Å². The predicted molar refractivity (Wildman–Crippen MR) is 122 cm³/mol. The molecule has 3 unspecified atom stereocenters. The van der Waals surface area contributed by atoms with Crippen molar-refractivity contribution in [3.8, 4) is 0 Å². The number of benzene rings is 1. The van der Waals surface area contributed by atoms with Gasteiger partial charge in [0.1, 0.15) is 28.9 Å². The fourth-order valence-electron chi connectivity index (χ4n) is 5.47. The van der Waals surface area contributed by atoms with E-state index in [1.807, 2.05) is 6.92 Å². The third-order valence-electron chi connectivity index (χ3n) is 7.78.